The summed E-state index contributed by atoms with van der Waals surface area (Å²) < 4.78 is 5.28. The van der Waals surface area contributed by atoms with Gasteiger partial charge in [0.05, 0.1) is 13.2 Å². The Morgan fingerprint density at radius 3 is 2.04 bits per heavy atom. The van der Waals surface area contributed by atoms with Gasteiger partial charge in [-0.2, -0.15) is 0 Å². The molecule has 0 radical (unpaired) electrons. The highest BCUT2D eigenvalue weighted by atomic mass is 32.3. The van der Waals surface area contributed by atoms with Gasteiger partial charge in [-0.3, -0.25) is 0 Å². The van der Waals surface area contributed by atoms with Crippen LogP contribution in [-0.2, 0) is 4.74 Å². The van der Waals surface area contributed by atoms with Crippen LogP contribution < -0.4 is 0 Å². The number of hydrogen-bond donors (Lipinski definition) is 1. The lowest BCUT2D eigenvalue weighted by Gasteiger charge is -2.37. The van der Waals surface area contributed by atoms with Gasteiger partial charge in [0.2, 0.25) is 0 Å². The summed E-state index contributed by atoms with van der Waals surface area (Å²) in [6.07, 6.45) is 25.9. The monoisotopic (exact) mass is 384 g/mol. The van der Waals surface area contributed by atoms with E-state index < -0.39 is 10.0 Å². The second-order valence-corrected chi connectivity index (χ2v) is 11.7. The van der Waals surface area contributed by atoms with Gasteiger partial charge < -0.3 is 9.84 Å². The van der Waals surface area contributed by atoms with Crippen LogP contribution in [0.5, 0.6) is 0 Å². The van der Waals surface area contributed by atoms with Crippen LogP contribution in [0, 0.1) is 0 Å². The highest BCUT2D eigenvalue weighted by molar-refractivity contribution is 8.36. The Kier molecular flexibility index (Phi) is 14.4. The van der Waals surface area contributed by atoms with Gasteiger partial charge in [0.25, 0.3) is 0 Å². The van der Waals surface area contributed by atoms with E-state index in [9.17, 15) is 0 Å². The van der Waals surface area contributed by atoms with E-state index in [1.54, 1.807) is 4.91 Å². The van der Waals surface area contributed by atoms with E-state index in [-0.39, 0.29) is 6.61 Å². The molecule has 0 aromatic carbocycles. The Labute approximate surface area is 164 Å². The third kappa shape index (κ3) is 10.8. The number of allylic oxidation sites excluding steroid dienone is 3. The summed E-state index contributed by atoms with van der Waals surface area (Å²) >= 11 is 0. The summed E-state index contributed by atoms with van der Waals surface area (Å²) in [5, 5.41) is 8.63. The van der Waals surface area contributed by atoms with Crippen LogP contribution in [0.25, 0.3) is 0 Å². The van der Waals surface area contributed by atoms with Crippen LogP contribution in [-0.4, -0.2) is 42.7 Å². The summed E-state index contributed by atoms with van der Waals surface area (Å²) in [5.41, 5.74) is 0. The molecule has 1 rings (SSSR count). The molecule has 154 valence electrons. The fourth-order valence-electron chi connectivity index (χ4n) is 3.59. The van der Waals surface area contributed by atoms with Crippen LogP contribution in [0.4, 0.5) is 0 Å². The minimum absolute atomic E-state index is 0.147. The molecule has 0 fully saturated rings. The standard InChI is InChI=1S/C23H44O2S/c1-3-26(2,23-17-13-12-14-18-23)22-16-11-9-7-5-4-6-8-10-15-20-25-21-19-24/h13,17-18,24H,3-12,14-16,19-22H2,1-2H3. The molecule has 0 spiro atoms. The van der Waals surface area contributed by atoms with E-state index in [2.05, 4.69) is 31.4 Å². The van der Waals surface area contributed by atoms with Gasteiger partial charge in [0.1, 0.15) is 0 Å². The Balaban J connectivity index is 1.92. The first-order valence-electron chi connectivity index (χ1n) is 11.0. The summed E-state index contributed by atoms with van der Waals surface area (Å²) in [6.45, 7) is 3.84. The molecule has 0 saturated carbocycles. The molecular formula is C23H44O2S. The van der Waals surface area contributed by atoms with Crippen LogP contribution in [0.3, 0.4) is 0 Å². The zero-order valence-electron chi connectivity index (χ0n) is 17.5. The first kappa shape index (κ1) is 23.8. The number of hydrogen-bond acceptors (Lipinski definition) is 2. The van der Waals surface area contributed by atoms with E-state index in [4.69, 9.17) is 9.84 Å². The van der Waals surface area contributed by atoms with Crippen molar-refractivity contribution in [2.24, 2.45) is 0 Å². The van der Waals surface area contributed by atoms with Crippen molar-refractivity contribution in [2.75, 3.05) is 37.6 Å². The Morgan fingerprint density at radius 2 is 1.50 bits per heavy atom. The molecule has 0 aliphatic heterocycles. The number of aliphatic hydroxyl groups is 1. The molecule has 1 N–H and O–H groups in total. The number of ether oxygens (including phenoxy) is 1. The maximum atomic E-state index is 8.63. The molecule has 0 bridgehead atoms. The SMILES string of the molecule is CCS(C)(CCCCCCCCCCCCOCCO)C1=CCCC=C1. The van der Waals surface area contributed by atoms with E-state index in [1.165, 1.54) is 82.1 Å². The van der Waals surface area contributed by atoms with Crippen molar-refractivity contribution in [2.45, 2.75) is 84.0 Å². The molecule has 26 heavy (non-hydrogen) atoms. The van der Waals surface area contributed by atoms with Gasteiger partial charge in [0, 0.05) is 6.61 Å². The number of rotatable bonds is 17. The lowest BCUT2D eigenvalue weighted by Crippen LogP contribution is -2.09. The zero-order chi connectivity index (χ0) is 18.9. The molecule has 0 aromatic rings. The molecule has 0 amide bonds. The predicted octanol–water partition coefficient (Wildman–Crippen LogP) is 6.58. The molecule has 1 unspecified atom stereocenters. The molecule has 0 aromatic heterocycles. The van der Waals surface area contributed by atoms with Crippen molar-refractivity contribution < 1.29 is 9.84 Å². The highest BCUT2D eigenvalue weighted by Crippen LogP contribution is 2.54. The lowest BCUT2D eigenvalue weighted by molar-refractivity contribution is 0.0895. The van der Waals surface area contributed by atoms with Gasteiger partial charge >= 0.3 is 0 Å². The normalized spacial score (nSPS) is 17.7. The van der Waals surface area contributed by atoms with Gasteiger partial charge in [-0.25, -0.2) is 10.0 Å². The molecule has 1 atom stereocenters. The van der Waals surface area contributed by atoms with Crippen molar-refractivity contribution in [1.82, 2.24) is 0 Å². The highest BCUT2D eigenvalue weighted by Gasteiger charge is 2.19. The zero-order valence-corrected chi connectivity index (χ0v) is 18.3. The molecule has 0 saturated heterocycles. The average molecular weight is 385 g/mol. The predicted molar refractivity (Wildman–Crippen MR) is 119 cm³/mol. The van der Waals surface area contributed by atoms with E-state index in [1.807, 2.05) is 0 Å². The van der Waals surface area contributed by atoms with Gasteiger partial charge in [-0.15, -0.1) is 0 Å². The Hall–Kier alpha value is -0.250. The first-order valence-corrected chi connectivity index (χ1v) is 13.4. The summed E-state index contributed by atoms with van der Waals surface area (Å²) in [6, 6.07) is 0. The van der Waals surface area contributed by atoms with E-state index in [0.717, 1.165) is 13.0 Å². The molecule has 1 aliphatic rings. The topological polar surface area (TPSA) is 29.5 Å². The van der Waals surface area contributed by atoms with Crippen LogP contribution in [0.2, 0.25) is 0 Å². The van der Waals surface area contributed by atoms with Crippen LogP contribution in [0.1, 0.15) is 84.0 Å². The molecule has 1 aliphatic carbocycles. The smallest absolute Gasteiger partial charge is 0.0697 e. The average Bonchev–Trinajstić information content (AvgIpc) is 2.68. The largest absolute Gasteiger partial charge is 0.394 e. The van der Waals surface area contributed by atoms with Crippen LogP contribution in [0.15, 0.2) is 23.1 Å². The van der Waals surface area contributed by atoms with Crippen molar-refractivity contribution in [3.63, 3.8) is 0 Å². The van der Waals surface area contributed by atoms with Gasteiger partial charge in [-0.1, -0.05) is 76.5 Å². The minimum Gasteiger partial charge on any atom is -0.394 e. The fourth-order valence-corrected chi connectivity index (χ4v) is 6.23. The summed E-state index contributed by atoms with van der Waals surface area (Å²) in [7, 11) is -0.545. The molecular weight excluding hydrogens is 340 g/mol. The Bertz CT molecular complexity index is 392. The van der Waals surface area contributed by atoms with Crippen molar-refractivity contribution in [3.05, 3.63) is 23.1 Å². The molecule has 0 heterocycles. The van der Waals surface area contributed by atoms with Crippen molar-refractivity contribution in [1.29, 1.82) is 0 Å². The van der Waals surface area contributed by atoms with Crippen LogP contribution >= 0.6 is 10.0 Å². The second-order valence-electron chi connectivity index (χ2n) is 7.72. The third-order valence-electron chi connectivity index (χ3n) is 5.54. The maximum Gasteiger partial charge on any atom is 0.0697 e. The molecule has 2 nitrogen and oxygen atoms in total. The summed E-state index contributed by atoms with van der Waals surface area (Å²) in [5.74, 6) is 2.77. The van der Waals surface area contributed by atoms with E-state index in [0.29, 0.717) is 6.61 Å². The number of aliphatic hydroxyl groups excluding tert-OH is 1. The van der Waals surface area contributed by atoms with Gasteiger partial charge in [0.15, 0.2) is 0 Å². The maximum absolute atomic E-state index is 8.63. The van der Waals surface area contributed by atoms with Crippen molar-refractivity contribution in [3.8, 4) is 0 Å². The van der Waals surface area contributed by atoms with Crippen molar-refractivity contribution >= 4 is 10.0 Å². The third-order valence-corrected chi connectivity index (χ3v) is 9.44. The Morgan fingerprint density at radius 1 is 0.885 bits per heavy atom. The summed E-state index contributed by atoms with van der Waals surface area (Å²) in [4.78, 5) is 1.67. The second kappa shape index (κ2) is 15.8. The quantitative estimate of drug-likeness (QED) is 0.287. The minimum atomic E-state index is -0.545. The first-order chi connectivity index (χ1) is 12.7. The van der Waals surface area contributed by atoms with Gasteiger partial charge in [-0.05, 0) is 48.3 Å². The molecule has 3 heteroatoms. The van der Waals surface area contributed by atoms with E-state index >= 15 is 0 Å². The number of unbranched alkanes of at least 4 members (excludes halogenated alkanes) is 9. The fraction of sp³-hybridized carbons (Fsp3) is 0.826. The lowest BCUT2D eigenvalue weighted by atomic mass is 10.1.